The lowest BCUT2D eigenvalue weighted by molar-refractivity contribution is 0.0821. The van der Waals surface area contributed by atoms with Crippen molar-refractivity contribution in [3.63, 3.8) is 0 Å². The molecule has 0 aliphatic carbocycles. The molecule has 0 spiro atoms. The summed E-state index contributed by atoms with van der Waals surface area (Å²) in [5.74, 6) is 0.531. The van der Waals surface area contributed by atoms with Gasteiger partial charge in [-0.15, -0.1) is 11.6 Å². The summed E-state index contributed by atoms with van der Waals surface area (Å²) in [5, 5.41) is 0. The summed E-state index contributed by atoms with van der Waals surface area (Å²) < 4.78 is 5.63. The molecule has 1 unspecified atom stereocenters. The van der Waals surface area contributed by atoms with E-state index in [0.29, 0.717) is 5.88 Å². The molecule has 0 amide bonds. The first-order valence-corrected chi connectivity index (χ1v) is 6.20. The molecule has 1 aromatic heterocycles. The predicted molar refractivity (Wildman–Crippen MR) is 66.0 cm³/mol. The molecule has 2 rings (SSSR count). The Kier molecular flexibility index (Phi) is 4.02. The molecule has 16 heavy (non-hydrogen) atoms. The van der Waals surface area contributed by atoms with Crippen LogP contribution in [0.4, 0.5) is 5.69 Å². The van der Waals surface area contributed by atoms with Gasteiger partial charge in [0.1, 0.15) is 0 Å². The molecule has 1 saturated heterocycles. The highest BCUT2D eigenvalue weighted by atomic mass is 35.5. The lowest BCUT2D eigenvalue weighted by Crippen LogP contribution is -2.30. The van der Waals surface area contributed by atoms with Crippen LogP contribution in [0.1, 0.15) is 18.9 Å². The minimum atomic E-state index is 0.269. The molecule has 1 aromatic rings. The van der Waals surface area contributed by atoms with Gasteiger partial charge in [-0.3, -0.25) is 4.98 Å². The summed E-state index contributed by atoms with van der Waals surface area (Å²) in [5.41, 5.74) is 2.29. The van der Waals surface area contributed by atoms with Crippen LogP contribution in [0.2, 0.25) is 0 Å². The van der Waals surface area contributed by atoms with E-state index >= 15 is 0 Å². The SMILES string of the molecule is CC1CN(c2cnccc2CCl)CCCO1. The Balaban J connectivity index is 2.20. The monoisotopic (exact) mass is 240 g/mol. The number of anilines is 1. The number of hydrogen-bond acceptors (Lipinski definition) is 3. The maximum absolute atomic E-state index is 5.94. The molecular weight excluding hydrogens is 224 g/mol. The van der Waals surface area contributed by atoms with Gasteiger partial charge in [-0.1, -0.05) is 0 Å². The molecule has 88 valence electrons. The lowest BCUT2D eigenvalue weighted by Gasteiger charge is -2.25. The van der Waals surface area contributed by atoms with Crippen molar-refractivity contribution in [3.05, 3.63) is 24.0 Å². The van der Waals surface area contributed by atoms with Crippen LogP contribution in [0.15, 0.2) is 18.5 Å². The first kappa shape index (κ1) is 11.7. The summed E-state index contributed by atoms with van der Waals surface area (Å²) in [6.45, 7) is 4.87. The zero-order chi connectivity index (χ0) is 11.4. The Bertz CT molecular complexity index is 346. The van der Waals surface area contributed by atoms with Gasteiger partial charge < -0.3 is 9.64 Å². The summed E-state index contributed by atoms with van der Waals surface area (Å²) in [4.78, 5) is 6.50. The molecule has 4 heteroatoms. The number of aromatic nitrogens is 1. The van der Waals surface area contributed by atoms with Crippen molar-refractivity contribution in [2.45, 2.75) is 25.3 Å². The molecule has 1 fully saturated rings. The fourth-order valence-electron chi connectivity index (χ4n) is 2.03. The van der Waals surface area contributed by atoms with Gasteiger partial charge in [-0.2, -0.15) is 0 Å². The van der Waals surface area contributed by atoms with E-state index in [4.69, 9.17) is 16.3 Å². The zero-order valence-electron chi connectivity index (χ0n) is 9.53. The van der Waals surface area contributed by atoms with E-state index in [1.807, 2.05) is 12.3 Å². The van der Waals surface area contributed by atoms with Gasteiger partial charge in [0.2, 0.25) is 0 Å². The number of ether oxygens (including phenoxy) is 1. The average Bonchev–Trinajstić information content (AvgIpc) is 2.54. The maximum Gasteiger partial charge on any atom is 0.0721 e. The number of nitrogens with zero attached hydrogens (tertiary/aromatic N) is 2. The van der Waals surface area contributed by atoms with Crippen LogP contribution in [0.3, 0.4) is 0 Å². The Hall–Kier alpha value is -0.800. The maximum atomic E-state index is 5.94. The highest BCUT2D eigenvalue weighted by Gasteiger charge is 2.17. The van der Waals surface area contributed by atoms with E-state index in [9.17, 15) is 0 Å². The van der Waals surface area contributed by atoms with E-state index in [-0.39, 0.29) is 6.10 Å². The van der Waals surface area contributed by atoms with Crippen molar-refractivity contribution in [3.8, 4) is 0 Å². The zero-order valence-corrected chi connectivity index (χ0v) is 10.3. The molecule has 2 heterocycles. The van der Waals surface area contributed by atoms with Crippen LogP contribution >= 0.6 is 11.6 Å². The lowest BCUT2D eigenvalue weighted by atomic mass is 10.2. The summed E-state index contributed by atoms with van der Waals surface area (Å²) in [6, 6.07) is 1.98. The molecule has 3 nitrogen and oxygen atoms in total. The first-order valence-electron chi connectivity index (χ1n) is 5.66. The Morgan fingerprint density at radius 1 is 1.62 bits per heavy atom. The van der Waals surface area contributed by atoms with Crippen LogP contribution < -0.4 is 4.90 Å². The van der Waals surface area contributed by atoms with Gasteiger partial charge in [0.15, 0.2) is 0 Å². The van der Waals surface area contributed by atoms with Gasteiger partial charge in [0.05, 0.1) is 18.0 Å². The summed E-state index contributed by atoms with van der Waals surface area (Å²) in [7, 11) is 0. The fourth-order valence-corrected chi connectivity index (χ4v) is 2.25. The molecule has 0 aromatic carbocycles. The predicted octanol–water partition coefficient (Wildman–Crippen LogP) is 2.44. The molecule has 1 aliphatic heterocycles. The molecule has 1 aliphatic rings. The van der Waals surface area contributed by atoms with Crippen LogP contribution in [-0.4, -0.2) is 30.8 Å². The average molecular weight is 241 g/mol. The van der Waals surface area contributed by atoms with Crippen LogP contribution in [0.25, 0.3) is 0 Å². The standard InChI is InChI=1S/C12H17ClN2O/c1-10-9-15(5-2-6-16-10)12-8-14-4-3-11(12)7-13/h3-4,8,10H,2,5-7,9H2,1H3. The van der Waals surface area contributed by atoms with Crippen LogP contribution in [0.5, 0.6) is 0 Å². The summed E-state index contributed by atoms with van der Waals surface area (Å²) in [6.07, 6.45) is 5.02. The third-order valence-corrected chi connectivity index (χ3v) is 3.11. The van der Waals surface area contributed by atoms with Gasteiger partial charge in [0, 0.05) is 31.8 Å². The Morgan fingerprint density at radius 3 is 3.31 bits per heavy atom. The number of pyridine rings is 1. The minimum Gasteiger partial charge on any atom is -0.377 e. The second-order valence-corrected chi connectivity index (χ2v) is 4.39. The van der Waals surface area contributed by atoms with Crippen LogP contribution in [-0.2, 0) is 10.6 Å². The van der Waals surface area contributed by atoms with Gasteiger partial charge in [-0.05, 0) is 25.0 Å². The van der Waals surface area contributed by atoms with Gasteiger partial charge >= 0.3 is 0 Å². The molecule has 1 atom stereocenters. The van der Waals surface area contributed by atoms with Crippen LogP contribution in [0, 0.1) is 0 Å². The Morgan fingerprint density at radius 2 is 2.50 bits per heavy atom. The summed E-state index contributed by atoms with van der Waals surface area (Å²) >= 11 is 5.94. The second kappa shape index (κ2) is 5.51. The van der Waals surface area contributed by atoms with E-state index in [1.165, 1.54) is 0 Å². The van der Waals surface area contributed by atoms with E-state index < -0.39 is 0 Å². The van der Waals surface area contributed by atoms with Gasteiger partial charge in [-0.25, -0.2) is 0 Å². The van der Waals surface area contributed by atoms with Crippen molar-refractivity contribution >= 4 is 17.3 Å². The third-order valence-electron chi connectivity index (χ3n) is 2.82. The highest BCUT2D eigenvalue weighted by molar-refractivity contribution is 6.17. The number of alkyl halides is 1. The number of halogens is 1. The number of rotatable bonds is 2. The molecule has 0 radical (unpaired) electrons. The van der Waals surface area contributed by atoms with Crippen molar-refractivity contribution < 1.29 is 4.74 Å². The quantitative estimate of drug-likeness (QED) is 0.743. The topological polar surface area (TPSA) is 25.4 Å². The van der Waals surface area contributed by atoms with Crippen molar-refractivity contribution in [2.24, 2.45) is 0 Å². The molecule has 0 saturated carbocycles. The molecular formula is C12H17ClN2O. The van der Waals surface area contributed by atoms with Gasteiger partial charge in [0.25, 0.3) is 0 Å². The van der Waals surface area contributed by atoms with Crippen molar-refractivity contribution in [2.75, 3.05) is 24.6 Å². The van der Waals surface area contributed by atoms with E-state index in [1.54, 1.807) is 6.20 Å². The fraction of sp³-hybridized carbons (Fsp3) is 0.583. The van der Waals surface area contributed by atoms with Crippen molar-refractivity contribution in [1.29, 1.82) is 0 Å². The second-order valence-electron chi connectivity index (χ2n) is 4.12. The highest BCUT2D eigenvalue weighted by Crippen LogP contribution is 2.22. The van der Waals surface area contributed by atoms with E-state index in [2.05, 4.69) is 16.8 Å². The molecule has 0 bridgehead atoms. The minimum absolute atomic E-state index is 0.269. The van der Waals surface area contributed by atoms with E-state index in [0.717, 1.165) is 37.4 Å². The first-order chi connectivity index (χ1) is 7.81. The normalized spacial score (nSPS) is 21.9. The Labute approximate surface area is 101 Å². The number of hydrogen-bond donors (Lipinski definition) is 0. The third kappa shape index (κ3) is 2.66. The molecule has 0 N–H and O–H groups in total. The smallest absolute Gasteiger partial charge is 0.0721 e. The van der Waals surface area contributed by atoms with Crippen molar-refractivity contribution in [1.82, 2.24) is 4.98 Å². The largest absolute Gasteiger partial charge is 0.377 e.